The molecule has 1 unspecified atom stereocenters. The van der Waals surface area contributed by atoms with Crippen LogP contribution in [0.1, 0.15) is 12.8 Å². The van der Waals surface area contributed by atoms with Crippen molar-refractivity contribution in [2.75, 3.05) is 25.1 Å². The third-order valence-electron chi connectivity index (χ3n) is 5.23. The number of fused-ring (bicyclic) bond motifs is 1. The van der Waals surface area contributed by atoms with E-state index in [1.807, 2.05) is 30.5 Å². The smallest absolute Gasteiger partial charge is 0.258 e. The van der Waals surface area contributed by atoms with Gasteiger partial charge in [-0.25, -0.2) is 13.9 Å². The number of carbonyl (C=O) groups is 1. The Labute approximate surface area is 169 Å². The van der Waals surface area contributed by atoms with Crippen molar-refractivity contribution < 1.29 is 13.7 Å². The van der Waals surface area contributed by atoms with E-state index in [1.165, 1.54) is 23.6 Å². The van der Waals surface area contributed by atoms with Crippen molar-refractivity contribution in [1.82, 2.24) is 19.5 Å². The Morgan fingerprint density at radius 1 is 1.17 bits per heavy atom. The fourth-order valence-electron chi connectivity index (χ4n) is 3.79. The third-order valence-corrected chi connectivity index (χ3v) is 6.29. The number of anilines is 1. The molecule has 1 aromatic carbocycles. The molecule has 148 valence electrons. The molecule has 0 saturated carbocycles. The molecule has 2 aromatic heterocycles. The van der Waals surface area contributed by atoms with Crippen molar-refractivity contribution in [1.29, 1.82) is 0 Å². The molecule has 1 fully saturated rings. The first-order chi connectivity index (χ1) is 14.1. The lowest BCUT2D eigenvalue weighted by Crippen LogP contribution is -2.18. The van der Waals surface area contributed by atoms with Gasteiger partial charge in [-0.1, -0.05) is 0 Å². The molecule has 2 aliphatic heterocycles. The molecule has 5 rings (SSSR count). The normalized spacial score (nSPS) is 18.9. The van der Waals surface area contributed by atoms with Crippen LogP contribution >= 0.6 is 0 Å². The monoisotopic (exact) mass is 409 g/mol. The zero-order valence-corrected chi connectivity index (χ0v) is 16.6. The largest absolute Gasteiger partial charge is 0.497 e. The maximum absolute atomic E-state index is 12.2. The lowest BCUT2D eigenvalue weighted by molar-refractivity contribution is -0.114. The molecular weight excluding hydrogens is 390 g/mol. The zero-order valence-electron chi connectivity index (χ0n) is 15.8. The molecule has 4 heterocycles. The molecule has 3 aromatic rings. The molecule has 1 amide bonds. The Hall–Kier alpha value is -3.20. The average molecular weight is 409 g/mol. The van der Waals surface area contributed by atoms with E-state index in [4.69, 9.17) is 4.74 Å². The summed E-state index contributed by atoms with van der Waals surface area (Å²) in [5.74, 6) is 1.23. The predicted octanol–water partition coefficient (Wildman–Crippen LogP) is 2.30. The van der Waals surface area contributed by atoms with E-state index >= 15 is 0 Å². The summed E-state index contributed by atoms with van der Waals surface area (Å²) >= 11 is 0. The second kappa shape index (κ2) is 7.00. The van der Waals surface area contributed by atoms with Crippen molar-refractivity contribution in [3.63, 3.8) is 0 Å². The average Bonchev–Trinajstić information content (AvgIpc) is 3.47. The third kappa shape index (κ3) is 3.07. The second-order valence-corrected chi connectivity index (χ2v) is 8.14. The van der Waals surface area contributed by atoms with Crippen LogP contribution in [-0.4, -0.2) is 45.1 Å². The highest BCUT2D eigenvalue weighted by atomic mass is 32.2. The number of amides is 1. The number of pyridine rings is 1. The van der Waals surface area contributed by atoms with Gasteiger partial charge in [-0.15, -0.1) is 0 Å². The van der Waals surface area contributed by atoms with Crippen LogP contribution in [0.4, 0.5) is 5.82 Å². The van der Waals surface area contributed by atoms with Crippen molar-refractivity contribution in [3.8, 4) is 16.9 Å². The molecule has 8 nitrogen and oxygen atoms in total. The first-order valence-electron chi connectivity index (χ1n) is 9.35. The van der Waals surface area contributed by atoms with Crippen LogP contribution < -0.4 is 14.4 Å². The number of carbonyl (C=O) groups excluding carboxylic acids is 1. The summed E-state index contributed by atoms with van der Waals surface area (Å²) in [5.41, 5.74) is 2.56. The quantitative estimate of drug-likeness (QED) is 0.711. The van der Waals surface area contributed by atoms with Crippen molar-refractivity contribution in [2.45, 2.75) is 12.8 Å². The summed E-state index contributed by atoms with van der Waals surface area (Å²) in [6, 6.07) is 7.83. The van der Waals surface area contributed by atoms with Crippen molar-refractivity contribution in [2.24, 2.45) is 0 Å². The number of aromatic nitrogens is 3. The minimum Gasteiger partial charge on any atom is -0.497 e. The Morgan fingerprint density at radius 2 is 2.00 bits per heavy atom. The summed E-state index contributed by atoms with van der Waals surface area (Å²) in [5, 5.41) is 5.54. The van der Waals surface area contributed by atoms with Gasteiger partial charge < -0.3 is 9.64 Å². The van der Waals surface area contributed by atoms with E-state index in [-0.39, 0.29) is 0 Å². The Kier molecular flexibility index (Phi) is 4.31. The highest BCUT2D eigenvalue weighted by Gasteiger charge is 2.24. The number of rotatable bonds is 4. The standard InChI is InChI=1S/C20H19N5O3S/c1-28-14-8-15(13-4-5-18(21-11-13)24-6-2-3-7-24)16-12-22-25(17(16)9-14)20-10-19(26)23-29(20)27/h4-5,8-12H,2-3,6-7H2,1H3,(H,23,26). The topological polar surface area (TPSA) is 89.3 Å². The summed E-state index contributed by atoms with van der Waals surface area (Å²) in [4.78, 5) is 18.5. The van der Waals surface area contributed by atoms with E-state index < -0.39 is 16.9 Å². The molecule has 1 N–H and O–H groups in total. The van der Waals surface area contributed by atoms with Gasteiger partial charge in [-0.2, -0.15) is 5.10 Å². The SMILES string of the molecule is COc1cc(-c2ccc(N3CCCC3)nc2)c2cnn(C3=CC(=O)NS3=O)c2c1. The van der Waals surface area contributed by atoms with E-state index in [0.717, 1.165) is 35.4 Å². The van der Waals surface area contributed by atoms with Gasteiger partial charge >= 0.3 is 0 Å². The van der Waals surface area contributed by atoms with Gasteiger partial charge in [-0.05, 0) is 36.6 Å². The minimum atomic E-state index is -1.64. The molecule has 9 heteroatoms. The van der Waals surface area contributed by atoms with Crippen LogP contribution in [-0.2, 0) is 15.8 Å². The van der Waals surface area contributed by atoms with Gasteiger partial charge in [-0.3, -0.25) is 9.52 Å². The zero-order chi connectivity index (χ0) is 20.0. The lowest BCUT2D eigenvalue weighted by atomic mass is 10.0. The molecule has 0 bridgehead atoms. The van der Waals surface area contributed by atoms with Crippen LogP contribution in [0.25, 0.3) is 27.1 Å². The summed E-state index contributed by atoms with van der Waals surface area (Å²) < 4.78 is 21.6. The van der Waals surface area contributed by atoms with E-state index in [1.54, 1.807) is 13.3 Å². The van der Waals surface area contributed by atoms with Gasteiger partial charge in [0, 0.05) is 42.4 Å². The highest BCUT2D eigenvalue weighted by molar-refractivity contribution is 7.93. The Balaban J connectivity index is 1.61. The van der Waals surface area contributed by atoms with Gasteiger partial charge in [0.1, 0.15) is 11.6 Å². The van der Waals surface area contributed by atoms with E-state index in [9.17, 15) is 9.00 Å². The number of methoxy groups -OCH3 is 1. The second-order valence-electron chi connectivity index (χ2n) is 6.98. The van der Waals surface area contributed by atoms with Crippen LogP contribution in [0, 0.1) is 0 Å². The molecule has 1 atom stereocenters. The molecule has 2 aliphatic rings. The highest BCUT2D eigenvalue weighted by Crippen LogP contribution is 2.35. The van der Waals surface area contributed by atoms with Gasteiger partial charge in [0.2, 0.25) is 0 Å². The summed E-state index contributed by atoms with van der Waals surface area (Å²) in [7, 11) is -0.0415. The lowest BCUT2D eigenvalue weighted by Gasteiger charge is -2.16. The fraction of sp³-hybridized carbons (Fsp3) is 0.250. The number of hydrogen-bond acceptors (Lipinski definition) is 6. The van der Waals surface area contributed by atoms with Gasteiger partial charge in [0.25, 0.3) is 5.91 Å². The van der Waals surface area contributed by atoms with Crippen LogP contribution in [0.3, 0.4) is 0 Å². The molecule has 1 saturated heterocycles. The molecular formula is C20H19N5O3S. The van der Waals surface area contributed by atoms with E-state index in [0.29, 0.717) is 16.3 Å². The first kappa shape index (κ1) is 17.9. The maximum atomic E-state index is 12.2. The minimum absolute atomic E-state index is 0.298. The van der Waals surface area contributed by atoms with Gasteiger partial charge in [0.05, 0.1) is 18.8 Å². The van der Waals surface area contributed by atoms with Crippen LogP contribution in [0.2, 0.25) is 0 Å². The van der Waals surface area contributed by atoms with E-state index in [2.05, 4.69) is 19.7 Å². The number of nitrogens with zero attached hydrogens (tertiary/aromatic N) is 4. The Morgan fingerprint density at radius 3 is 2.66 bits per heavy atom. The maximum Gasteiger partial charge on any atom is 0.258 e. The fourth-order valence-corrected chi connectivity index (χ4v) is 4.65. The van der Waals surface area contributed by atoms with Gasteiger partial charge in [0.15, 0.2) is 16.0 Å². The molecule has 0 spiro atoms. The molecule has 0 radical (unpaired) electrons. The summed E-state index contributed by atoms with van der Waals surface area (Å²) in [6.45, 7) is 2.09. The predicted molar refractivity (Wildman–Crippen MR) is 112 cm³/mol. The van der Waals surface area contributed by atoms with Crippen molar-refractivity contribution in [3.05, 3.63) is 42.7 Å². The van der Waals surface area contributed by atoms with Crippen LogP contribution in [0.5, 0.6) is 5.75 Å². The Bertz CT molecular complexity index is 1160. The first-order valence-corrected chi connectivity index (χ1v) is 10.5. The molecule has 0 aliphatic carbocycles. The number of nitrogens with one attached hydrogen (secondary N) is 1. The number of ether oxygens (including phenoxy) is 1. The number of hydrogen-bond donors (Lipinski definition) is 1. The molecule has 29 heavy (non-hydrogen) atoms. The van der Waals surface area contributed by atoms with Crippen molar-refractivity contribution >= 4 is 38.6 Å². The van der Waals surface area contributed by atoms with Crippen LogP contribution in [0.15, 0.2) is 42.7 Å². The number of benzene rings is 1. The summed E-state index contributed by atoms with van der Waals surface area (Å²) in [6.07, 6.45) is 7.27.